The molecule has 14 heavy (non-hydrogen) atoms. The van der Waals surface area contributed by atoms with Crippen molar-refractivity contribution in [2.75, 3.05) is 19.0 Å². The van der Waals surface area contributed by atoms with Crippen LogP contribution in [0.2, 0.25) is 0 Å². The Balaban J connectivity index is 3.32. The molecule has 0 spiro atoms. The highest BCUT2D eigenvalue weighted by atomic mass is 16.1. The zero-order valence-corrected chi connectivity index (χ0v) is 9.09. The zero-order valence-electron chi connectivity index (χ0n) is 9.09. The molecular weight excluding hydrogens is 176 g/mol. The van der Waals surface area contributed by atoms with Crippen molar-refractivity contribution in [3.63, 3.8) is 0 Å². The smallest absolute Gasteiger partial charge is 0.249 e. The number of carbonyl (C=O) groups is 1. The van der Waals surface area contributed by atoms with E-state index in [1.54, 1.807) is 0 Å². The van der Waals surface area contributed by atoms with Gasteiger partial charge >= 0.3 is 0 Å². The number of rotatable bonds is 2. The van der Waals surface area contributed by atoms with Crippen LogP contribution in [0.5, 0.6) is 0 Å². The van der Waals surface area contributed by atoms with Gasteiger partial charge in [-0.05, 0) is 37.1 Å². The summed E-state index contributed by atoms with van der Waals surface area (Å²) in [4.78, 5) is 13.1. The summed E-state index contributed by atoms with van der Waals surface area (Å²) in [5.41, 5.74) is 8.88. The third-order valence-electron chi connectivity index (χ3n) is 2.28. The monoisotopic (exact) mass is 192 g/mol. The quantitative estimate of drug-likeness (QED) is 0.771. The molecule has 0 fully saturated rings. The molecule has 0 radical (unpaired) electrons. The second-order valence-electron chi connectivity index (χ2n) is 3.71. The van der Waals surface area contributed by atoms with Gasteiger partial charge in [-0.15, -0.1) is 0 Å². The Hall–Kier alpha value is -1.51. The molecule has 0 atom stereocenters. The van der Waals surface area contributed by atoms with Crippen LogP contribution < -0.4 is 10.6 Å². The summed E-state index contributed by atoms with van der Waals surface area (Å²) in [6.45, 7) is 3.81. The van der Waals surface area contributed by atoms with E-state index in [-0.39, 0.29) is 5.91 Å². The lowest BCUT2D eigenvalue weighted by atomic mass is 10.0. The fourth-order valence-corrected chi connectivity index (χ4v) is 1.59. The average molecular weight is 192 g/mol. The summed E-state index contributed by atoms with van der Waals surface area (Å²) in [5, 5.41) is 0. The summed E-state index contributed by atoms with van der Waals surface area (Å²) >= 11 is 0. The Morgan fingerprint density at radius 1 is 1.21 bits per heavy atom. The molecule has 76 valence electrons. The second kappa shape index (κ2) is 3.70. The maximum atomic E-state index is 11.1. The molecule has 0 aliphatic rings. The molecule has 2 N–H and O–H groups in total. The van der Waals surface area contributed by atoms with Crippen LogP contribution in [-0.4, -0.2) is 20.0 Å². The Morgan fingerprint density at radius 2 is 1.64 bits per heavy atom. The molecule has 1 aromatic rings. The van der Waals surface area contributed by atoms with Crippen molar-refractivity contribution in [2.24, 2.45) is 5.73 Å². The zero-order chi connectivity index (χ0) is 10.9. The molecule has 0 heterocycles. The van der Waals surface area contributed by atoms with Gasteiger partial charge in [-0.2, -0.15) is 0 Å². The van der Waals surface area contributed by atoms with Gasteiger partial charge in [-0.3, -0.25) is 4.79 Å². The maximum Gasteiger partial charge on any atom is 0.249 e. The molecule has 0 saturated carbocycles. The minimum Gasteiger partial charge on any atom is -0.378 e. The number of benzene rings is 1. The molecule has 3 heteroatoms. The number of nitrogens with two attached hydrogens (primary N) is 1. The SMILES string of the molecule is Cc1cc(N(C)C)cc(C)c1C(N)=O. The van der Waals surface area contributed by atoms with Crippen molar-refractivity contribution < 1.29 is 4.79 Å². The lowest BCUT2D eigenvalue weighted by molar-refractivity contribution is 0.0999. The highest BCUT2D eigenvalue weighted by molar-refractivity contribution is 5.96. The number of carbonyl (C=O) groups excluding carboxylic acids is 1. The number of amides is 1. The van der Waals surface area contributed by atoms with Crippen molar-refractivity contribution in [1.29, 1.82) is 0 Å². The molecule has 3 nitrogen and oxygen atoms in total. The second-order valence-corrected chi connectivity index (χ2v) is 3.71. The van der Waals surface area contributed by atoms with Crippen LogP contribution in [0.15, 0.2) is 12.1 Å². The van der Waals surface area contributed by atoms with Crippen molar-refractivity contribution in [2.45, 2.75) is 13.8 Å². The minimum atomic E-state index is -0.356. The fraction of sp³-hybridized carbons (Fsp3) is 0.364. The van der Waals surface area contributed by atoms with Crippen LogP contribution in [0.4, 0.5) is 5.69 Å². The third kappa shape index (κ3) is 1.87. The molecule has 0 aromatic heterocycles. The maximum absolute atomic E-state index is 11.1. The van der Waals surface area contributed by atoms with E-state index in [9.17, 15) is 4.79 Å². The molecule has 1 amide bonds. The van der Waals surface area contributed by atoms with E-state index in [0.29, 0.717) is 5.56 Å². The van der Waals surface area contributed by atoms with E-state index in [0.717, 1.165) is 16.8 Å². The van der Waals surface area contributed by atoms with Crippen molar-refractivity contribution >= 4 is 11.6 Å². The number of aryl methyl sites for hydroxylation is 2. The van der Waals surface area contributed by atoms with Gasteiger partial charge in [0.1, 0.15) is 0 Å². The summed E-state index contributed by atoms with van der Waals surface area (Å²) in [6, 6.07) is 3.93. The highest BCUT2D eigenvalue weighted by Crippen LogP contribution is 2.21. The largest absolute Gasteiger partial charge is 0.378 e. The first-order valence-electron chi connectivity index (χ1n) is 4.52. The van der Waals surface area contributed by atoms with Gasteiger partial charge in [-0.1, -0.05) is 0 Å². The highest BCUT2D eigenvalue weighted by Gasteiger charge is 2.10. The van der Waals surface area contributed by atoms with Crippen LogP contribution in [0.3, 0.4) is 0 Å². The van der Waals surface area contributed by atoms with Gasteiger partial charge in [0.25, 0.3) is 0 Å². The lowest BCUT2D eigenvalue weighted by Gasteiger charge is -2.16. The van der Waals surface area contributed by atoms with E-state index < -0.39 is 0 Å². The van der Waals surface area contributed by atoms with Crippen LogP contribution in [0.1, 0.15) is 21.5 Å². The van der Waals surface area contributed by atoms with E-state index >= 15 is 0 Å². The molecule has 0 unspecified atom stereocenters. The van der Waals surface area contributed by atoms with E-state index in [1.165, 1.54) is 0 Å². The van der Waals surface area contributed by atoms with E-state index in [4.69, 9.17) is 5.73 Å². The Bertz CT molecular complexity index is 347. The molecule has 1 aromatic carbocycles. The Labute approximate surface area is 84.5 Å². The predicted molar refractivity (Wildman–Crippen MR) is 58.8 cm³/mol. The Morgan fingerprint density at radius 3 is 1.93 bits per heavy atom. The standard InChI is InChI=1S/C11H16N2O/c1-7-5-9(13(3)4)6-8(2)10(7)11(12)14/h5-6H,1-4H3,(H2,12,14). The first kappa shape index (κ1) is 10.6. The number of hydrogen-bond acceptors (Lipinski definition) is 2. The molecule has 0 saturated heterocycles. The van der Waals surface area contributed by atoms with E-state index in [1.807, 2.05) is 45.0 Å². The normalized spacial score (nSPS) is 10.0. The van der Waals surface area contributed by atoms with Gasteiger partial charge in [0.2, 0.25) is 5.91 Å². The summed E-state index contributed by atoms with van der Waals surface area (Å²) in [6.07, 6.45) is 0. The lowest BCUT2D eigenvalue weighted by Crippen LogP contribution is -2.16. The number of nitrogens with zero attached hydrogens (tertiary/aromatic N) is 1. The number of primary amides is 1. The van der Waals surface area contributed by atoms with Crippen LogP contribution in [0.25, 0.3) is 0 Å². The predicted octanol–water partition coefficient (Wildman–Crippen LogP) is 1.47. The van der Waals surface area contributed by atoms with Gasteiger partial charge in [0.05, 0.1) is 0 Å². The number of hydrogen-bond donors (Lipinski definition) is 1. The summed E-state index contributed by atoms with van der Waals surface area (Å²) in [5.74, 6) is -0.356. The third-order valence-corrected chi connectivity index (χ3v) is 2.28. The molecule has 1 rings (SSSR count). The Kier molecular flexibility index (Phi) is 2.79. The van der Waals surface area contributed by atoms with Crippen molar-refractivity contribution in [1.82, 2.24) is 0 Å². The van der Waals surface area contributed by atoms with Gasteiger partial charge in [0.15, 0.2) is 0 Å². The number of anilines is 1. The van der Waals surface area contributed by atoms with Crippen LogP contribution in [-0.2, 0) is 0 Å². The fourth-order valence-electron chi connectivity index (χ4n) is 1.59. The van der Waals surface area contributed by atoms with Crippen molar-refractivity contribution in [3.05, 3.63) is 28.8 Å². The molecule has 0 aliphatic carbocycles. The van der Waals surface area contributed by atoms with Gasteiger partial charge < -0.3 is 10.6 Å². The van der Waals surface area contributed by atoms with Crippen LogP contribution in [0, 0.1) is 13.8 Å². The van der Waals surface area contributed by atoms with Crippen LogP contribution >= 0.6 is 0 Å². The minimum absolute atomic E-state index is 0.356. The van der Waals surface area contributed by atoms with Gasteiger partial charge in [-0.25, -0.2) is 0 Å². The molecule has 0 bridgehead atoms. The first-order chi connectivity index (χ1) is 6.43. The average Bonchev–Trinajstić information content (AvgIpc) is 2.01. The molecule has 0 aliphatic heterocycles. The van der Waals surface area contributed by atoms with Crippen molar-refractivity contribution in [3.8, 4) is 0 Å². The first-order valence-corrected chi connectivity index (χ1v) is 4.52. The summed E-state index contributed by atoms with van der Waals surface area (Å²) in [7, 11) is 3.94. The summed E-state index contributed by atoms with van der Waals surface area (Å²) < 4.78 is 0. The van der Waals surface area contributed by atoms with E-state index in [2.05, 4.69) is 0 Å². The van der Waals surface area contributed by atoms with Gasteiger partial charge in [0, 0.05) is 25.3 Å². The topological polar surface area (TPSA) is 46.3 Å². The molecular formula is C11H16N2O.